The molecule has 1 aliphatic heterocycles. The highest BCUT2D eigenvalue weighted by Gasteiger charge is 2.40. The number of methoxy groups -OCH3 is 1. The summed E-state index contributed by atoms with van der Waals surface area (Å²) in [5.41, 5.74) is 1.73. The summed E-state index contributed by atoms with van der Waals surface area (Å²) in [5.74, 6) is 0.0302. The number of carbonyl (C=O) groups is 1. The fourth-order valence-electron chi connectivity index (χ4n) is 2.12. The van der Waals surface area contributed by atoms with Crippen LogP contribution in [0.15, 0.2) is 40.7 Å². The molecule has 0 aliphatic carbocycles. The zero-order valence-corrected chi connectivity index (χ0v) is 12.5. The lowest BCUT2D eigenvalue weighted by atomic mass is 10.2. The molecule has 5 nitrogen and oxygen atoms in total. The Balaban J connectivity index is 1.94. The van der Waals surface area contributed by atoms with Crippen molar-refractivity contribution < 1.29 is 14.3 Å². The molecule has 0 bridgehead atoms. The number of thiazole rings is 1. The Labute approximate surface area is 126 Å². The summed E-state index contributed by atoms with van der Waals surface area (Å²) >= 11 is 1.46. The smallest absolute Gasteiger partial charge is 0.335 e. The van der Waals surface area contributed by atoms with Crippen LogP contribution in [0.1, 0.15) is 22.4 Å². The largest absolute Gasteiger partial charge is 0.467 e. The summed E-state index contributed by atoms with van der Waals surface area (Å²) in [6, 6.07) is 8.78. The first-order chi connectivity index (χ1) is 10.2. The first kappa shape index (κ1) is 13.8. The maximum Gasteiger partial charge on any atom is 0.335 e. The Morgan fingerprint density at radius 1 is 1.33 bits per heavy atom. The maximum atomic E-state index is 11.9. The van der Waals surface area contributed by atoms with Crippen molar-refractivity contribution in [2.24, 2.45) is 4.99 Å². The molecule has 21 heavy (non-hydrogen) atoms. The van der Waals surface area contributed by atoms with Crippen LogP contribution in [0.3, 0.4) is 0 Å². The monoisotopic (exact) mass is 302 g/mol. The molecule has 2 atom stereocenters. The molecule has 2 heterocycles. The van der Waals surface area contributed by atoms with Crippen LogP contribution < -0.4 is 0 Å². The average Bonchev–Trinajstić information content (AvgIpc) is 3.13. The van der Waals surface area contributed by atoms with Crippen molar-refractivity contribution in [1.29, 1.82) is 0 Å². The molecule has 3 rings (SSSR count). The van der Waals surface area contributed by atoms with Crippen molar-refractivity contribution in [3.63, 3.8) is 0 Å². The highest BCUT2D eigenvalue weighted by molar-refractivity contribution is 7.09. The highest BCUT2D eigenvalue weighted by Crippen LogP contribution is 2.33. The Morgan fingerprint density at radius 2 is 2.10 bits per heavy atom. The molecule has 1 aromatic carbocycles. The van der Waals surface area contributed by atoms with Gasteiger partial charge in [-0.05, 0) is 19.1 Å². The number of aryl methyl sites for hydroxylation is 1. The Hall–Kier alpha value is -2.21. The first-order valence-corrected chi connectivity index (χ1v) is 7.36. The lowest BCUT2D eigenvalue weighted by molar-refractivity contribution is -0.143. The number of esters is 1. The van der Waals surface area contributed by atoms with E-state index in [1.54, 1.807) is 0 Å². The summed E-state index contributed by atoms with van der Waals surface area (Å²) < 4.78 is 10.7. The zero-order valence-electron chi connectivity index (χ0n) is 11.6. The number of aliphatic imine (C=N–C) groups is 1. The summed E-state index contributed by atoms with van der Waals surface area (Å²) in [6.07, 6.45) is -0.522. The SMILES string of the molecule is COC(=O)C1N=C(c2ccccc2)OC1c1nc(C)cs1. The topological polar surface area (TPSA) is 60.8 Å². The van der Waals surface area contributed by atoms with E-state index >= 15 is 0 Å². The molecule has 0 spiro atoms. The summed E-state index contributed by atoms with van der Waals surface area (Å²) in [4.78, 5) is 20.7. The predicted molar refractivity (Wildman–Crippen MR) is 79.5 cm³/mol. The van der Waals surface area contributed by atoms with Gasteiger partial charge in [0.15, 0.2) is 12.1 Å². The Kier molecular flexibility index (Phi) is 3.70. The van der Waals surface area contributed by atoms with Gasteiger partial charge in [-0.3, -0.25) is 0 Å². The fourth-order valence-corrected chi connectivity index (χ4v) is 2.97. The molecular formula is C15H14N2O3S. The van der Waals surface area contributed by atoms with Gasteiger partial charge in [0.25, 0.3) is 0 Å². The number of ether oxygens (including phenoxy) is 2. The molecule has 0 saturated heterocycles. The number of rotatable bonds is 3. The Bertz CT molecular complexity index is 681. The van der Waals surface area contributed by atoms with E-state index in [1.165, 1.54) is 18.4 Å². The minimum Gasteiger partial charge on any atom is -0.467 e. The van der Waals surface area contributed by atoms with E-state index in [1.807, 2.05) is 42.6 Å². The molecular weight excluding hydrogens is 288 g/mol. The third kappa shape index (κ3) is 2.67. The molecule has 6 heteroatoms. The quantitative estimate of drug-likeness (QED) is 0.817. The van der Waals surface area contributed by atoms with Gasteiger partial charge in [0.1, 0.15) is 5.01 Å². The van der Waals surface area contributed by atoms with Crippen molar-refractivity contribution in [3.8, 4) is 0 Å². The Morgan fingerprint density at radius 3 is 2.71 bits per heavy atom. The van der Waals surface area contributed by atoms with Crippen LogP contribution in [0.5, 0.6) is 0 Å². The van der Waals surface area contributed by atoms with E-state index < -0.39 is 18.1 Å². The normalized spacial score (nSPS) is 20.8. The minimum absolute atomic E-state index is 0.418. The van der Waals surface area contributed by atoms with E-state index in [4.69, 9.17) is 9.47 Å². The van der Waals surface area contributed by atoms with E-state index in [9.17, 15) is 4.79 Å². The maximum absolute atomic E-state index is 11.9. The van der Waals surface area contributed by atoms with Crippen LogP contribution in [0.2, 0.25) is 0 Å². The van der Waals surface area contributed by atoms with Crippen LogP contribution in [-0.4, -0.2) is 30.0 Å². The third-order valence-corrected chi connectivity index (χ3v) is 4.15. The van der Waals surface area contributed by atoms with Crippen molar-refractivity contribution >= 4 is 23.2 Å². The molecule has 0 radical (unpaired) electrons. The molecule has 0 fully saturated rings. The molecule has 108 valence electrons. The second-order valence-corrected chi connectivity index (χ2v) is 5.52. The van der Waals surface area contributed by atoms with E-state index in [0.717, 1.165) is 16.3 Å². The van der Waals surface area contributed by atoms with Gasteiger partial charge < -0.3 is 9.47 Å². The van der Waals surface area contributed by atoms with Crippen LogP contribution in [0.25, 0.3) is 0 Å². The number of benzene rings is 1. The van der Waals surface area contributed by atoms with Crippen molar-refractivity contribution in [2.45, 2.75) is 19.1 Å². The standard InChI is InChI=1S/C15H14N2O3S/c1-9-8-21-14(16-9)12-11(15(18)19-2)17-13(20-12)10-6-4-3-5-7-10/h3-8,11-12H,1-2H3. The number of nitrogens with zero attached hydrogens (tertiary/aromatic N) is 2. The summed E-state index contributed by atoms with van der Waals surface area (Å²) in [5, 5.41) is 2.66. The van der Waals surface area contributed by atoms with Gasteiger partial charge in [-0.1, -0.05) is 18.2 Å². The second kappa shape index (κ2) is 5.65. The van der Waals surface area contributed by atoms with Crippen LogP contribution in [0, 0.1) is 6.92 Å². The van der Waals surface area contributed by atoms with Crippen LogP contribution in [-0.2, 0) is 14.3 Å². The number of hydrogen-bond donors (Lipinski definition) is 0. The summed E-state index contributed by atoms with van der Waals surface area (Å²) in [7, 11) is 1.35. The van der Waals surface area contributed by atoms with Crippen molar-refractivity contribution in [2.75, 3.05) is 7.11 Å². The van der Waals surface area contributed by atoms with Gasteiger partial charge >= 0.3 is 5.97 Å². The zero-order chi connectivity index (χ0) is 14.8. The first-order valence-electron chi connectivity index (χ1n) is 6.49. The van der Waals surface area contributed by atoms with Crippen LogP contribution >= 0.6 is 11.3 Å². The fraction of sp³-hybridized carbons (Fsp3) is 0.267. The molecule has 2 aromatic rings. The van der Waals surface area contributed by atoms with Gasteiger partial charge in [-0.25, -0.2) is 14.8 Å². The van der Waals surface area contributed by atoms with Gasteiger partial charge in [0.2, 0.25) is 5.90 Å². The predicted octanol–water partition coefficient (Wildman–Crippen LogP) is 2.51. The molecule has 1 aliphatic rings. The van der Waals surface area contributed by atoms with Gasteiger partial charge in [0, 0.05) is 16.6 Å². The molecule has 2 unspecified atom stereocenters. The van der Waals surface area contributed by atoms with Gasteiger partial charge in [0.05, 0.1) is 7.11 Å². The second-order valence-electron chi connectivity index (χ2n) is 4.63. The molecule has 0 N–H and O–H groups in total. The number of carbonyl (C=O) groups excluding carboxylic acids is 1. The van der Waals surface area contributed by atoms with Crippen LogP contribution in [0.4, 0.5) is 0 Å². The third-order valence-electron chi connectivity index (χ3n) is 3.13. The number of hydrogen-bond acceptors (Lipinski definition) is 6. The lowest BCUT2D eigenvalue weighted by Crippen LogP contribution is -2.25. The van der Waals surface area contributed by atoms with Gasteiger partial charge in [-0.15, -0.1) is 11.3 Å². The molecule has 1 aromatic heterocycles. The van der Waals surface area contributed by atoms with E-state index in [-0.39, 0.29) is 0 Å². The molecule has 0 saturated carbocycles. The summed E-state index contributed by atoms with van der Waals surface area (Å²) in [6.45, 7) is 1.90. The highest BCUT2D eigenvalue weighted by atomic mass is 32.1. The lowest BCUT2D eigenvalue weighted by Gasteiger charge is -2.13. The van der Waals surface area contributed by atoms with Crippen molar-refractivity contribution in [1.82, 2.24) is 4.98 Å². The van der Waals surface area contributed by atoms with Crippen molar-refractivity contribution in [3.05, 3.63) is 52.0 Å². The van der Waals surface area contributed by atoms with E-state index in [0.29, 0.717) is 5.90 Å². The number of aromatic nitrogens is 1. The minimum atomic E-state index is -0.712. The molecule has 0 amide bonds. The van der Waals surface area contributed by atoms with Gasteiger partial charge in [-0.2, -0.15) is 0 Å². The average molecular weight is 302 g/mol. The van der Waals surface area contributed by atoms with E-state index in [2.05, 4.69) is 9.98 Å².